The molecule has 0 aliphatic heterocycles. The van der Waals surface area contributed by atoms with Gasteiger partial charge in [-0.3, -0.25) is 0 Å². The molecule has 4 heteroatoms. The quantitative estimate of drug-likeness (QED) is 0.132. The Bertz CT molecular complexity index is 954. The fourth-order valence-electron chi connectivity index (χ4n) is 5.52. The average molecular weight is 507 g/mol. The van der Waals surface area contributed by atoms with E-state index in [9.17, 15) is 4.79 Å². The van der Waals surface area contributed by atoms with Crippen molar-refractivity contribution in [3.8, 4) is 11.1 Å². The first kappa shape index (κ1) is 28.4. The number of aliphatic hydroxyl groups excluding tert-OH is 1. The van der Waals surface area contributed by atoms with Crippen LogP contribution in [0.1, 0.15) is 76.2 Å². The lowest BCUT2D eigenvalue weighted by Gasteiger charge is -2.29. The molecule has 2 aromatic rings. The summed E-state index contributed by atoms with van der Waals surface area (Å²) in [6, 6.07) is 19.4. The van der Waals surface area contributed by atoms with Gasteiger partial charge in [0.1, 0.15) is 0 Å². The van der Waals surface area contributed by atoms with Gasteiger partial charge in [0.25, 0.3) is 0 Å². The number of esters is 1. The van der Waals surface area contributed by atoms with Gasteiger partial charge >= 0.3 is 5.97 Å². The number of ether oxygens (including phenoxy) is 1. The number of benzene rings is 2. The number of carbonyl (C=O) groups excluding carboxylic acids is 1. The van der Waals surface area contributed by atoms with E-state index in [1.54, 1.807) is 0 Å². The monoisotopic (exact) mass is 506 g/mol. The molecule has 0 atom stereocenters. The maximum Gasteiger partial charge on any atom is 0.335 e. The van der Waals surface area contributed by atoms with Crippen LogP contribution >= 0.6 is 0 Å². The van der Waals surface area contributed by atoms with Crippen molar-refractivity contribution in [1.82, 2.24) is 0 Å². The van der Waals surface area contributed by atoms with Crippen molar-refractivity contribution in [1.29, 1.82) is 0 Å². The van der Waals surface area contributed by atoms with Gasteiger partial charge in [-0.15, -0.1) is 0 Å². The minimum atomic E-state index is -1.62. The van der Waals surface area contributed by atoms with E-state index >= 15 is 0 Å². The Morgan fingerprint density at radius 3 is 2.14 bits per heavy atom. The highest BCUT2D eigenvalue weighted by atomic mass is 28.3. The number of hydrogen-bond acceptors (Lipinski definition) is 3. The van der Waals surface area contributed by atoms with Crippen molar-refractivity contribution in [2.75, 3.05) is 13.2 Å². The van der Waals surface area contributed by atoms with Gasteiger partial charge in [0.15, 0.2) is 0 Å². The minimum absolute atomic E-state index is 0.111. The zero-order chi connectivity index (χ0) is 26.0. The Hall–Kier alpha value is -2.17. The maximum atomic E-state index is 11.6. The number of hydrogen-bond donors (Lipinski definition) is 1. The molecule has 0 bridgehead atoms. The van der Waals surface area contributed by atoms with Crippen LogP contribution in [0.5, 0.6) is 0 Å². The van der Waals surface area contributed by atoms with Crippen molar-refractivity contribution in [3.63, 3.8) is 0 Å². The van der Waals surface area contributed by atoms with Crippen molar-refractivity contribution in [2.45, 2.75) is 89.8 Å². The number of rotatable bonds is 13. The standard InChI is InChI=1S/C32H46O3Si/c1-5-6-7-9-26-10-12-27(13-11-26)28-14-16-29(17-15-28)30-18-20-31(21-19-30)36(3,4)23-8-22-35-32(34)25(2)24-33/h14-21,26-27,33H,2,5-13,22-24H2,1,3-4H3. The highest BCUT2D eigenvalue weighted by Gasteiger charge is 2.24. The first-order valence-corrected chi connectivity index (χ1v) is 17.2. The van der Waals surface area contributed by atoms with Crippen LogP contribution < -0.4 is 5.19 Å². The molecule has 0 spiro atoms. The molecule has 0 heterocycles. The second-order valence-electron chi connectivity index (χ2n) is 11.3. The Morgan fingerprint density at radius 1 is 0.944 bits per heavy atom. The number of unbranched alkanes of at least 4 members (excludes halogenated alkanes) is 2. The highest BCUT2D eigenvalue weighted by Crippen LogP contribution is 2.38. The van der Waals surface area contributed by atoms with Crippen molar-refractivity contribution >= 4 is 19.2 Å². The van der Waals surface area contributed by atoms with Crippen LogP contribution in [-0.4, -0.2) is 32.4 Å². The van der Waals surface area contributed by atoms with Gasteiger partial charge in [0.2, 0.25) is 0 Å². The summed E-state index contributed by atoms with van der Waals surface area (Å²) in [6.07, 6.45) is 11.9. The summed E-state index contributed by atoms with van der Waals surface area (Å²) in [6.45, 7) is 10.6. The van der Waals surface area contributed by atoms with Crippen LogP contribution in [-0.2, 0) is 9.53 Å². The van der Waals surface area contributed by atoms with E-state index in [0.717, 1.165) is 24.3 Å². The second kappa shape index (κ2) is 13.9. The average Bonchev–Trinajstić information content (AvgIpc) is 2.91. The smallest absolute Gasteiger partial charge is 0.335 e. The maximum absolute atomic E-state index is 11.6. The molecule has 1 fully saturated rings. The third-order valence-electron chi connectivity index (χ3n) is 8.10. The molecule has 0 saturated heterocycles. The molecule has 1 aliphatic rings. The first-order valence-electron chi connectivity index (χ1n) is 14.0. The summed E-state index contributed by atoms with van der Waals surface area (Å²) in [5, 5.41) is 10.4. The van der Waals surface area contributed by atoms with E-state index in [1.165, 1.54) is 73.2 Å². The summed E-state index contributed by atoms with van der Waals surface area (Å²) < 4.78 is 5.20. The second-order valence-corrected chi connectivity index (χ2v) is 16.1. The molecule has 0 radical (unpaired) electrons. The number of carbonyl (C=O) groups is 1. The Morgan fingerprint density at radius 2 is 1.56 bits per heavy atom. The van der Waals surface area contributed by atoms with Crippen LogP contribution in [0.4, 0.5) is 0 Å². The van der Waals surface area contributed by atoms with Crippen molar-refractivity contribution < 1.29 is 14.6 Å². The summed E-state index contributed by atoms with van der Waals surface area (Å²) in [7, 11) is -1.62. The lowest BCUT2D eigenvalue weighted by atomic mass is 9.77. The molecule has 0 amide bonds. The third kappa shape index (κ3) is 8.17. The topological polar surface area (TPSA) is 46.5 Å². The zero-order valence-corrected chi connectivity index (χ0v) is 23.7. The molecule has 1 N–H and O–H groups in total. The van der Waals surface area contributed by atoms with Crippen LogP contribution in [0, 0.1) is 5.92 Å². The Kier molecular flexibility index (Phi) is 11.0. The van der Waals surface area contributed by atoms with Gasteiger partial charge in [-0.1, -0.05) is 112 Å². The molecule has 2 aromatic carbocycles. The summed E-state index contributed by atoms with van der Waals surface area (Å²) in [5.74, 6) is 1.19. The molecular formula is C32H46O3Si. The molecule has 0 unspecified atom stereocenters. The molecule has 1 saturated carbocycles. The zero-order valence-electron chi connectivity index (χ0n) is 22.7. The van der Waals surface area contributed by atoms with Gasteiger partial charge in [-0.25, -0.2) is 4.79 Å². The van der Waals surface area contributed by atoms with Gasteiger partial charge in [0.05, 0.1) is 26.9 Å². The highest BCUT2D eigenvalue weighted by molar-refractivity contribution is 6.89. The van der Waals surface area contributed by atoms with E-state index in [4.69, 9.17) is 9.84 Å². The van der Waals surface area contributed by atoms with E-state index < -0.39 is 14.0 Å². The predicted molar refractivity (Wildman–Crippen MR) is 154 cm³/mol. The molecular weight excluding hydrogens is 460 g/mol. The summed E-state index contributed by atoms with van der Waals surface area (Å²) in [5.41, 5.74) is 4.18. The molecule has 0 aromatic heterocycles. The van der Waals surface area contributed by atoms with E-state index in [0.29, 0.717) is 6.61 Å². The fraction of sp³-hybridized carbons (Fsp3) is 0.531. The summed E-state index contributed by atoms with van der Waals surface area (Å²) in [4.78, 5) is 11.6. The fourth-order valence-corrected chi connectivity index (χ4v) is 7.90. The predicted octanol–water partition coefficient (Wildman–Crippen LogP) is 7.60. The Balaban J connectivity index is 1.50. The van der Waals surface area contributed by atoms with E-state index in [-0.39, 0.29) is 12.2 Å². The van der Waals surface area contributed by atoms with E-state index in [1.807, 2.05) is 0 Å². The van der Waals surface area contributed by atoms with Crippen LogP contribution in [0.15, 0.2) is 60.7 Å². The number of aliphatic hydroxyl groups is 1. The Labute approximate surface area is 220 Å². The normalized spacial score (nSPS) is 18.1. The lowest BCUT2D eigenvalue weighted by molar-refractivity contribution is -0.139. The summed E-state index contributed by atoms with van der Waals surface area (Å²) >= 11 is 0. The minimum Gasteiger partial charge on any atom is -0.462 e. The van der Waals surface area contributed by atoms with Crippen LogP contribution in [0.25, 0.3) is 11.1 Å². The largest absolute Gasteiger partial charge is 0.462 e. The third-order valence-corrected chi connectivity index (χ3v) is 11.6. The van der Waals surface area contributed by atoms with Crippen molar-refractivity contribution in [2.24, 2.45) is 5.92 Å². The van der Waals surface area contributed by atoms with Gasteiger partial charge < -0.3 is 9.84 Å². The first-order chi connectivity index (χ1) is 17.3. The molecule has 196 valence electrons. The van der Waals surface area contributed by atoms with Gasteiger partial charge in [-0.2, -0.15) is 0 Å². The van der Waals surface area contributed by atoms with Crippen molar-refractivity contribution in [3.05, 3.63) is 66.2 Å². The molecule has 36 heavy (non-hydrogen) atoms. The SMILES string of the molecule is C=C(CO)C(=O)OCCC[Si](C)(C)c1ccc(-c2ccc(C3CCC(CCCCC)CC3)cc2)cc1. The molecule has 3 rings (SSSR count). The van der Waals surface area contributed by atoms with Gasteiger partial charge in [0, 0.05) is 0 Å². The van der Waals surface area contributed by atoms with E-state index in [2.05, 4.69) is 75.1 Å². The lowest BCUT2D eigenvalue weighted by Crippen LogP contribution is -2.41. The van der Waals surface area contributed by atoms with Crippen LogP contribution in [0.2, 0.25) is 19.1 Å². The molecule has 3 nitrogen and oxygen atoms in total. The van der Waals surface area contributed by atoms with Crippen LogP contribution in [0.3, 0.4) is 0 Å². The van der Waals surface area contributed by atoms with Gasteiger partial charge in [-0.05, 0) is 60.6 Å². The molecule has 1 aliphatic carbocycles.